The number of nitrogens with one attached hydrogen (secondary N) is 1. The minimum atomic E-state index is 0.0535. The van der Waals surface area contributed by atoms with Crippen LogP contribution in [0.1, 0.15) is 11.1 Å². The Morgan fingerprint density at radius 2 is 1.91 bits per heavy atom. The van der Waals surface area contributed by atoms with E-state index in [0.29, 0.717) is 0 Å². The summed E-state index contributed by atoms with van der Waals surface area (Å²) >= 11 is 2.44. The number of methoxy groups -OCH3 is 1. The van der Waals surface area contributed by atoms with Crippen LogP contribution < -0.4 is 10.1 Å². The van der Waals surface area contributed by atoms with Gasteiger partial charge in [-0.25, -0.2) is 4.99 Å². The first-order valence-corrected chi connectivity index (χ1v) is 12.5. The van der Waals surface area contributed by atoms with E-state index in [1.54, 1.807) is 7.11 Å². The second-order valence-electron chi connectivity index (χ2n) is 8.77. The second kappa shape index (κ2) is 9.90. The van der Waals surface area contributed by atoms with Crippen LogP contribution in [0.5, 0.6) is 5.75 Å². The fraction of sp³-hybridized carbons (Fsp3) is 0.400. The first-order chi connectivity index (χ1) is 16.1. The molecule has 7 nitrogen and oxygen atoms in total. The van der Waals surface area contributed by atoms with Crippen LogP contribution in [0.3, 0.4) is 0 Å². The molecule has 1 N–H and O–H groups in total. The van der Waals surface area contributed by atoms with Gasteiger partial charge in [0.15, 0.2) is 0 Å². The van der Waals surface area contributed by atoms with Gasteiger partial charge >= 0.3 is 0 Å². The van der Waals surface area contributed by atoms with E-state index in [2.05, 4.69) is 103 Å². The van der Waals surface area contributed by atoms with Crippen LogP contribution in [0.25, 0.3) is 0 Å². The SMILES string of the molecule is COc1cccc(CN2C=C3C(N=C(N4CCNCC4)N3Cc3ccccc3I)N(C)C2)c1. The average molecular weight is 558 g/mol. The first-order valence-electron chi connectivity index (χ1n) is 11.5. The van der Waals surface area contributed by atoms with E-state index in [4.69, 9.17) is 9.73 Å². The van der Waals surface area contributed by atoms with Crippen molar-refractivity contribution in [3.8, 4) is 5.75 Å². The maximum atomic E-state index is 5.43. The van der Waals surface area contributed by atoms with Crippen LogP contribution in [0.4, 0.5) is 0 Å². The Balaban J connectivity index is 1.46. The smallest absolute Gasteiger partial charge is 0.203 e. The lowest BCUT2D eigenvalue weighted by molar-refractivity contribution is 0.134. The molecular weight excluding hydrogens is 527 g/mol. The fourth-order valence-electron chi connectivity index (χ4n) is 4.73. The largest absolute Gasteiger partial charge is 0.497 e. The third-order valence-electron chi connectivity index (χ3n) is 6.40. The molecule has 3 heterocycles. The van der Waals surface area contributed by atoms with Crippen molar-refractivity contribution in [2.45, 2.75) is 19.3 Å². The molecule has 0 radical (unpaired) electrons. The Morgan fingerprint density at radius 3 is 2.70 bits per heavy atom. The summed E-state index contributed by atoms with van der Waals surface area (Å²) in [6.07, 6.45) is 2.37. The molecular formula is C25H31IN6O. The van der Waals surface area contributed by atoms with Gasteiger partial charge in [0.25, 0.3) is 0 Å². The van der Waals surface area contributed by atoms with E-state index in [1.807, 2.05) is 6.07 Å². The average Bonchev–Trinajstić information content (AvgIpc) is 3.20. The number of nitrogens with zero attached hydrogens (tertiary/aromatic N) is 5. The maximum Gasteiger partial charge on any atom is 0.203 e. The number of fused-ring (bicyclic) bond motifs is 1. The summed E-state index contributed by atoms with van der Waals surface area (Å²) in [5.74, 6) is 2.00. The number of guanidine groups is 1. The molecule has 0 spiro atoms. The number of likely N-dealkylation sites (N-methyl/N-ethyl adjacent to an activating group) is 1. The van der Waals surface area contributed by atoms with Crippen LogP contribution in [0.15, 0.2) is 65.4 Å². The van der Waals surface area contributed by atoms with Crippen LogP contribution in [-0.2, 0) is 13.1 Å². The van der Waals surface area contributed by atoms with Gasteiger partial charge in [-0.05, 0) is 59.0 Å². The summed E-state index contributed by atoms with van der Waals surface area (Å²) < 4.78 is 6.72. The summed E-state index contributed by atoms with van der Waals surface area (Å²) in [7, 11) is 3.89. The highest BCUT2D eigenvalue weighted by molar-refractivity contribution is 14.1. The predicted molar refractivity (Wildman–Crippen MR) is 140 cm³/mol. The molecule has 1 atom stereocenters. The van der Waals surface area contributed by atoms with E-state index < -0.39 is 0 Å². The Kier molecular flexibility index (Phi) is 6.75. The lowest BCUT2D eigenvalue weighted by atomic mass is 10.1. The second-order valence-corrected chi connectivity index (χ2v) is 9.93. The number of ether oxygens (including phenoxy) is 1. The van der Waals surface area contributed by atoms with Gasteiger partial charge in [0.1, 0.15) is 11.9 Å². The third kappa shape index (κ3) is 4.83. The highest BCUT2D eigenvalue weighted by atomic mass is 127. The van der Waals surface area contributed by atoms with Gasteiger partial charge in [-0.3, -0.25) is 4.90 Å². The third-order valence-corrected chi connectivity index (χ3v) is 7.45. The van der Waals surface area contributed by atoms with E-state index in [-0.39, 0.29) is 6.17 Å². The van der Waals surface area contributed by atoms with Crippen molar-refractivity contribution in [3.05, 3.63) is 75.1 Å². The molecule has 2 aromatic carbocycles. The lowest BCUT2D eigenvalue weighted by Crippen LogP contribution is -2.51. The van der Waals surface area contributed by atoms with Gasteiger partial charge in [0, 0.05) is 42.5 Å². The Hall–Kier alpha value is -2.30. The summed E-state index contributed by atoms with van der Waals surface area (Å²) in [6.45, 7) is 6.45. The van der Waals surface area contributed by atoms with Crippen molar-refractivity contribution in [3.63, 3.8) is 0 Å². The van der Waals surface area contributed by atoms with Crippen LogP contribution in [-0.4, -0.2) is 78.7 Å². The van der Waals surface area contributed by atoms with Gasteiger partial charge in [-0.2, -0.15) is 0 Å². The molecule has 3 aliphatic heterocycles. The van der Waals surface area contributed by atoms with Crippen molar-refractivity contribution in [1.82, 2.24) is 24.9 Å². The molecule has 0 aromatic heterocycles. The highest BCUT2D eigenvalue weighted by Gasteiger charge is 2.39. The molecule has 0 aliphatic carbocycles. The fourth-order valence-corrected chi connectivity index (χ4v) is 5.29. The monoisotopic (exact) mass is 558 g/mol. The zero-order valence-corrected chi connectivity index (χ0v) is 21.4. The standard InChI is InChI=1S/C25H31IN6O/c1-29-18-30(15-19-6-5-8-21(14-19)33-2)17-23-24(29)28-25(31-12-10-27-11-13-31)32(23)16-20-7-3-4-9-22(20)26/h3-9,14,17,24,27H,10-13,15-16,18H2,1-2H3. The molecule has 1 unspecified atom stereocenters. The number of aliphatic imine (C=N–C) groups is 1. The van der Waals surface area contributed by atoms with Crippen LogP contribution in [0.2, 0.25) is 0 Å². The number of benzene rings is 2. The molecule has 0 bridgehead atoms. The van der Waals surface area contributed by atoms with Gasteiger partial charge in [0.2, 0.25) is 5.96 Å². The summed E-state index contributed by atoms with van der Waals surface area (Å²) in [5, 5.41) is 3.47. The molecule has 2 aromatic rings. The van der Waals surface area contributed by atoms with Gasteiger partial charge in [-0.1, -0.05) is 30.3 Å². The molecule has 174 valence electrons. The number of rotatable bonds is 5. The maximum absolute atomic E-state index is 5.43. The molecule has 5 rings (SSSR count). The Morgan fingerprint density at radius 1 is 1.09 bits per heavy atom. The molecule has 3 aliphatic rings. The summed E-state index contributed by atoms with van der Waals surface area (Å²) in [6, 6.07) is 17.0. The minimum absolute atomic E-state index is 0.0535. The van der Waals surface area contributed by atoms with E-state index >= 15 is 0 Å². The van der Waals surface area contributed by atoms with Gasteiger partial charge in [-0.15, -0.1) is 0 Å². The quantitative estimate of drug-likeness (QED) is 0.570. The van der Waals surface area contributed by atoms with E-state index in [1.165, 1.54) is 20.4 Å². The zero-order valence-electron chi connectivity index (χ0n) is 19.2. The Bertz CT molecular complexity index is 1050. The Labute approximate surface area is 209 Å². The van der Waals surface area contributed by atoms with Gasteiger partial charge < -0.3 is 24.8 Å². The number of hydrogen-bond donors (Lipinski definition) is 1. The van der Waals surface area contributed by atoms with Crippen LogP contribution in [0, 0.1) is 3.57 Å². The van der Waals surface area contributed by atoms with Crippen LogP contribution >= 0.6 is 22.6 Å². The van der Waals surface area contributed by atoms with Crippen molar-refractivity contribution in [1.29, 1.82) is 0 Å². The van der Waals surface area contributed by atoms with E-state index in [9.17, 15) is 0 Å². The molecule has 33 heavy (non-hydrogen) atoms. The van der Waals surface area contributed by atoms with Crippen molar-refractivity contribution in [2.24, 2.45) is 4.99 Å². The minimum Gasteiger partial charge on any atom is -0.497 e. The summed E-state index contributed by atoms with van der Waals surface area (Å²) in [5.41, 5.74) is 3.82. The molecule has 1 saturated heterocycles. The normalized spacial score (nSPS) is 21.1. The van der Waals surface area contributed by atoms with Crippen molar-refractivity contribution in [2.75, 3.05) is 47.0 Å². The van der Waals surface area contributed by atoms with Gasteiger partial charge in [0.05, 0.1) is 26.0 Å². The molecule has 0 saturated carbocycles. The summed E-state index contributed by atoms with van der Waals surface area (Å²) in [4.78, 5) is 14.8. The first kappa shape index (κ1) is 22.5. The van der Waals surface area contributed by atoms with E-state index in [0.717, 1.165) is 57.6 Å². The van der Waals surface area contributed by atoms with Crippen molar-refractivity contribution >= 4 is 28.6 Å². The zero-order chi connectivity index (χ0) is 22.8. The number of piperazine rings is 1. The van der Waals surface area contributed by atoms with Crippen molar-refractivity contribution < 1.29 is 4.74 Å². The topological polar surface area (TPSA) is 46.6 Å². The predicted octanol–water partition coefficient (Wildman–Crippen LogP) is 2.95. The number of halogens is 1. The number of hydrogen-bond acceptors (Lipinski definition) is 7. The lowest BCUT2D eigenvalue weighted by Gasteiger charge is -2.38. The molecule has 8 heteroatoms. The molecule has 1 fully saturated rings. The molecule has 0 amide bonds. The highest BCUT2D eigenvalue weighted by Crippen LogP contribution is 2.32.